The summed E-state index contributed by atoms with van der Waals surface area (Å²) >= 11 is 0. The van der Waals surface area contributed by atoms with E-state index in [9.17, 15) is 4.39 Å². The summed E-state index contributed by atoms with van der Waals surface area (Å²) in [6.45, 7) is 2.14. The molecule has 0 N–H and O–H groups in total. The largest absolute Gasteiger partial charge is 0.207 e. The van der Waals surface area contributed by atoms with Crippen molar-refractivity contribution in [1.82, 2.24) is 0 Å². The molecule has 0 spiro atoms. The minimum absolute atomic E-state index is 0.171. The molecule has 2 aromatic rings. The highest BCUT2D eigenvalue weighted by molar-refractivity contribution is 5.52. The fourth-order valence-electron chi connectivity index (χ4n) is 1.90. The molecule has 0 heterocycles. The van der Waals surface area contributed by atoms with Crippen LogP contribution < -0.4 is 0 Å². The van der Waals surface area contributed by atoms with Gasteiger partial charge in [-0.1, -0.05) is 54.1 Å². The zero-order valence-electron chi connectivity index (χ0n) is 10.6. The summed E-state index contributed by atoms with van der Waals surface area (Å²) in [5.41, 5.74) is 3.75. The number of allylic oxidation sites excluding steroid dienone is 1. The van der Waals surface area contributed by atoms with E-state index in [-0.39, 0.29) is 5.82 Å². The molecule has 0 aliphatic heterocycles. The summed E-state index contributed by atoms with van der Waals surface area (Å²) in [7, 11) is 0. The van der Waals surface area contributed by atoms with Gasteiger partial charge in [-0.3, -0.25) is 0 Å². The van der Waals surface area contributed by atoms with Gasteiger partial charge >= 0.3 is 0 Å². The van der Waals surface area contributed by atoms with Gasteiger partial charge < -0.3 is 0 Å². The van der Waals surface area contributed by atoms with Gasteiger partial charge in [-0.25, -0.2) is 4.39 Å². The summed E-state index contributed by atoms with van der Waals surface area (Å²) in [5, 5.41) is 0. The van der Waals surface area contributed by atoms with Crippen LogP contribution in [-0.2, 0) is 6.42 Å². The van der Waals surface area contributed by atoms with Crippen LogP contribution in [0.15, 0.2) is 60.2 Å². The van der Waals surface area contributed by atoms with Crippen LogP contribution in [0, 0.1) is 5.82 Å². The monoisotopic (exact) mass is 240 g/mol. The Labute approximate surface area is 108 Å². The van der Waals surface area contributed by atoms with E-state index in [2.05, 4.69) is 25.1 Å². The number of rotatable bonds is 4. The van der Waals surface area contributed by atoms with Crippen LogP contribution in [0.5, 0.6) is 0 Å². The molecule has 2 rings (SSSR count). The third kappa shape index (κ3) is 3.85. The lowest BCUT2D eigenvalue weighted by Gasteiger charge is -2.03. The Morgan fingerprint density at radius 2 is 1.67 bits per heavy atom. The highest BCUT2D eigenvalue weighted by Crippen LogP contribution is 2.13. The Hall–Kier alpha value is -1.89. The van der Waals surface area contributed by atoms with Crippen LogP contribution in [0.1, 0.15) is 24.5 Å². The molecule has 1 heteroatoms. The smallest absolute Gasteiger partial charge is 0.123 e. The lowest BCUT2D eigenvalue weighted by Crippen LogP contribution is -1.87. The van der Waals surface area contributed by atoms with Gasteiger partial charge in [0.2, 0.25) is 0 Å². The average molecular weight is 240 g/mol. The highest BCUT2D eigenvalue weighted by atomic mass is 19.1. The molecule has 2 aromatic carbocycles. The molecule has 18 heavy (non-hydrogen) atoms. The van der Waals surface area contributed by atoms with Crippen molar-refractivity contribution in [3.8, 4) is 0 Å². The summed E-state index contributed by atoms with van der Waals surface area (Å²) in [4.78, 5) is 0. The minimum atomic E-state index is -0.171. The number of hydrogen-bond acceptors (Lipinski definition) is 0. The predicted molar refractivity (Wildman–Crippen MR) is 74.8 cm³/mol. The van der Waals surface area contributed by atoms with E-state index in [1.54, 1.807) is 0 Å². The zero-order valence-corrected chi connectivity index (χ0v) is 10.6. The maximum Gasteiger partial charge on any atom is 0.123 e. The molecule has 0 aliphatic rings. The van der Waals surface area contributed by atoms with Crippen LogP contribution in [0.3, 0.4) is 0 Å². The van der Waals surface area contributed by atoms with Gasteiger partial charge in [0.05, 0.1) is 0 Å². The van der Waals surface area contributed by atoms with Crippen molar-refractivity contribution in [3.63, 3.8) is 0 Å². The van der Waals surface area contributed by atoms with E-state index < -0.39 is 0 Å². The maximum atomic E-state index is 12.8. The van der Waals surface area contributed by atoms with Crippen molar-refractivity contribution in [2.24, 2.45) is 0 Å². The van der Waals surface area contributed by atoms with Crippen LogP contribution >= 0.6 is 0 Å². The molecule has 0 unspecified atom stereocenters. The first-order chi connectivity index (χ1) is 8.74. The van der Waals surface area contributed by atoms with Crippen LogP contribution in [0.4, 0.5) is 4.39 Å². The lowest BCUT2D eigenvalue weighted by molar-refractivity contribution is 0.627. The summed E-state index contributed by atoms with van der Waals surface area (Å²) in [5.74, 6) is -0.171. The van der Waals surface area contributed by atoms with Crippen molar-refractivity contribution in [2.75, 3.05) is 0 Å². The predicted octanol–water partition coefficient (Wildman–Crippen LogP) is 4.86. The molecule has 0 saturated heterocycles. The second-order valence-corrected chi connectivity index (χ2v) is 4.53. The Bertz CT molecular complexity index is 509. The van der Waals surface area contributed by atoms with E-state index in [1.165, 1.54) is 28.8 Å². The number of aryl methyl sites for hydroxylation is 1. The normalized spacial score (nSPS) is 11.6. The van der Waals surface area contributed by atoms with Crippen molar-refractivity contribution in [3.05, 3.63) is 77.1 Å². The molecular formula is C17H17F. The fraction of sp³-hybridized carbons (Fsp3) is 0.176. The quantitative estimate of drug-likeness (QED) is 0.715. The van der Waals surface area contributed by atoms with Crippen molar-refractivity contribution < 1.29 is 4.39 Å². The van der Waals surface area contributed by atoms with Crippen LogP contribution in [-0.4, -0.2) is 0 Å². The zero-order chi connectivity index (χ0) is 12.8. The number of hydrogen-bond donors (Lipinski definition) is 0. The highest BCUT2D eigenvalue weighted by Gasteiger charge is 1.96. The lowest BCUT2D eigenvalue weighted by atomic mass is 10.0. The standard InChI is InChI=1S/C17H17F/c1-14(13-16-5-3-2-4-6-16)7-8-15-9-11-17(18)12-10-15/h2-6,9-13H,7-8H2,1H3/b14-13+. The van der Waals surface area contributed by atoms with E-state index in [0.717, 1.165) is 12.8 Å². The first-order valence-corrected chi connectivity index (χ1v) is 6.21. The Balaban J connectivity index is 1.94. The first kappa shape index (κ1) is 12.6. The second-order valence-electron chi connectivity index (χ2n) is 4.53. The first-order valence-electron chi connectivity index (χ1n) is 6.21. The SMILES string of the molecule is C/C(=C\c1ccccc1)CCc1ccc(F)cc1. The van der Waals surface area contributed by atoms with Gasteiger partial charge in [-0.05, 0) is 43.0 Å². The molecule has 0 fully saturated rings. The van der Waals surface area contributed by atoms with Gasteiger partial charge in [0.15, 0.2) is 0 Å². The van der Waals surface area contributed by atoms with Crippen molar-refractivity contribution in [1.29, 1.82) is 0 Å². The summed E-state index contributed by atoms with van der Waals surface area (Å²) < 4.78 is 12.8. The molecule has 0 aromatic heterocycles. The maximum absolute atomic E-state index is 12.8. The van der Waals surface area contributed by atoms with Crippen molar-refractivity contribution >= 4 is 6.08 Å². The van der Waals surface area contributed by atoms with Gasteiger partial charge in [0.25, 0.3) is 0 Å². The average Bonchev–Trinajstić information content (AvgIpc) is 2.39. The Kier molecular flexibility index (Phi) is 4.30. The molecule has 92 valence electrons. The van der Waals surface area contributed by atoms with E-state index in [4.69, 9.17) is 0 Å². The molecular weight excluding hydrogens is 223 g/mol. The van der Waals surface area contributed by atoms with Gasteiger partial charge in [0, 0.05) is 0 Å². The van der Waals surface area contributed by atoms with Crippen LogP contribution in [0.2, 0.25) is 0 Å². The van der Waals surface area contributed by atoms with Gasteiger partial charge in [-0.15, -0.1) is 0 Å². The van der Waals surface area contributed by atoms with Gasteiger partial charge in [-0.2, -0.15) is 0 Å². The van der Waals surface area contributed by atoms with Gasteiger partial charge in [0.1, 0.15) is 5.82 Å². The number of benzene rings is 2. The Morgan fingerprint density at radius 3 is 2.33 bits per heavy atom. The van der Waals surface area contributed by atoms with Crippen molar-refractivity contribution in [2.45, 2.75) is 19.8 Å². The van der Waals surface area contributed by atoms with E-state index >= 15 is 0 Å². The Morgan fingerprint density at radius 1 is 1.00 bits per heavy atom. The molecule has 0 saturated carbocycles. The van der Waals surface area contributed by atoms with E-state index in [1.807, 2.05) is 30.3 Å². The summed E-state index contributed by atoms with van der Waals surface area (Å²) in [6, 6.07) is 17.0. The molecule has 0 atom stereocenters. The van der Waals surface area contributed by atoms with Crippen LogP contribution in [0.25, 0.3) is 6.08 Å². The third-order valence-corrected chi connectivity index (χ3v) is 2.93. The topological polar surface area (TPSA) is 0 Å². The molecule has 0 radical (unpaired) electrons. The third-order valence-electron chi connectivity index (χ3n) is 2.93. The molecule has 0 bridgehead atoms. The molecule has 0 aliphatic carbocycles. The molecule has 0 amide bonds. The fourth-order valence-corrected chi connectivity index (χ4v) is 1.90. The molecule has 0 nitrogen and oxygen atoms in total. The second kappa shape index (κ2) is 6.15. The minimum Gasteiger partial charge on any atom is -0.207 e. The number of halogens is 1. The van der Waals surface area contributed by atoms with E-state index in [0.29, 0.717) is 0 Å². The summed E-state index contributed by atoms with van der Waals surface area (Å²) in [6.07, 6.45) is 4.15.